The second kappa shape index (κ2) is 4.78. The Kier molecular flexibility index (Phi) is 3.93. The number of hydrogen-bond acceptors (Lipinski definition) is 2. The molecule has 82 valence electrons. The normalized spacial score (nSPS) is 31.4. The number of rotatable bonds is 3. The molecule has 0 spiro atoms. The Hall–Kier alpha value is -0.570. The predicted molar refractivity (Wildman–Crippen MR) is 56.2 cm³/mol. The van der Waals surface area contributed by atoms with Crippen LogP contribution in [0.25, 0.3) is 0 Å². The second-order valence-electron chi connectivity index (χ2n) is 4.71. The summed E-state index contributed by atoms with van der Waals surface area (Å²) in [4.78, 5) is 13.0. The third kappa shape index (κ3) is 2.98. The fraction of sp³-hybridized carbons (Fsp3) is 0.909. The molecule has 1 N–H and O–H groups in total. The maximum atomic E-state index is 10.7. The molecule has 0 bridgehead atoms. The van der Waals surface area contributed by atoms with Crippen LogP contribution in [0, 0.1) is 11.8 Å². The zero-order valence-electron chi connectivity index (χ0n) is 9.36. The van der Waals surface area contributed by atoms with E-state index < -0.39 is 5.97 Å². The van der Waals surface area contributed by atoms with Gasteiger partial charge in [-0.25, -0.2) is 0 Å². The Morgan fingerprint density at radius 2 is 2.21 bits per heavy atom. The van der Waals surface area contributed by atoms with Crippen LogP contribution in [0.4, 0.5) is 0 Å². The monoisotopic (exact) mass is 199 g/mol. The highest BCUT2D eigenvalue weighted by atomic mass is 16.4. The third-order valence-corrected chi connectivity index (χ3v) is 3.21. The summed E-state index contributed by atoms with van der Waals surface area (Å²) >= 11 is 0. The second-order valence-corrected chi connectivity index (χ2v) is 4.71. The van der Waals surface area contributed by atoms with Crippen molar-refractivity contribution in [1.29, 1.82) is 0 Å². The average Bonchev–Trinajstić information content (AvgIpc) is 2.09. The zero-order valence-corrected chi connectivity index (χ0v) is 9.36. The topological polar surface area (TPSA) is 40.5 Å². The Morgan fingerprint density at radius 1 is 1.57 bits per heavy atom. The molecule has 0 saturated carbocycles. The molecular formula is C11H21NO2. The summed E-state index contributed by atoms with van der Waals surface area (Å²) in [6, 6.07) is 0.542. The van der Waals surface area contributed by atoms with Gasteiger partial charge in [-0.1, -0.05) is 13.8 Å². The smallest absolute Gasteiger partial charge is 0.307 e. The first-order chi connectivity index (χ1) is 6.50. The first kappa shape index (κ1) is 11.5. The average molecular weight is 199 g/mol. The van der Waals surface area contributed by atoms with E-state index in [0.29, 0.717) is 12.6 Å². The molecule has 3 heteroatoms. The van der Waals surface area contributed by atoms with Crippen LogP contribution in [-0.4, -0.2) is 35.1 Å². The largest absolute Gasteiger partial charge is 0.481 e. The molecule has 0 aromatic rings. The number of carboxylic acids is 1. The summed E-state index contributed by atoms with van der Waals surface area (Å²) in [6.45, 7) is 8.01. The maximum Gasteiger partial charge on any atom is 0.307 e. The molecule has 0 aromatic heterocycles. The standard InChI is InChI=1S/C11H21NO2/c1-8-4-5-12(10(3)6-8)7-9(2)11(13)14/h8-10H,4-7H2,1-3H3,(H,13,14). The van der Waals surface area contributed by atoms with Crippen LogP contribution < -0.4 is 0 Å². The summed E-state index contributed by atoms with van der Waals surface area (Å²) in [6.07, 6.45) is 2.41. The van der Waals surface area contributed by atoms with Crippen LogP contribution in [0.2, 0.25) is 0 Å². The molecule has 1 fully saturated rings. The maximum absolute atomic E-state index is 10.7. The lowest BCUT2D eigenvalue weighted by Crippen LogP contribution is -2.43. The Morgan fingerprint density at radius 3 is 2.71 bits per heavy atom. The molecule has 0 amide bonds. The quantitative estimate of drug-likeness (QED) is 0.754. The fourth-order valence-electron chi connectivity index (χ4n) is 2.16. The van der Waals surface area contributed by atoms with Gasteiger partial charge in [0.2, 0.25) is 0 Å². The van der Waals surface area contributed by atoms with E-state index in [0.717, 1.165) is 12.5 Å². The van der Waals surface area contributed by atoms with Gasteiger partial charge in [0.25, 0.3) is 0 Å². The van der Waals surface area contributed by atoms with E-state index in [1.54, 1.807) is 6.92 Å². The van der Waals surface area contributed by atoms with Crippen molar-refractivity contribution in [2.24, 2.45) is 11.8 Å². The van der Waals surface area contributed by atoms with Gasteiger partial charge in [-0.2, -0.15) is 0 Å². The molecule has 3 atom stereocenters. The molecule has 1 heterocycles. The zero-order chi connectivity index (χ0) is 10.7. The summed E-state index contributed by atoms with van der Waals surface area (Å²) < 4.78 is 0. The highest BCUT2D eigenvalue weighted by Crippen LogP contribution is 2.22. The molecule has 14 heavy (non-hydrogen) atoms. The molecule has 1 rings (SSSR count). The minimum atomic E-state index is -0.684. The van der Waals surface area contributed by atoms with E-state index >= 15 is 0 Å². The van der Waals surface area contributed by atoms with Crippen LogP contribution in [0.1, 0.15) is 33.6 Å². The Balaban J connectivity index is 2.41. The van der Waals surface area contributed by atoms with Gasteiger partial charge in [-0.05, 0) is 32.2 Å². The van der Waals surface area contributed by atoms with Crippen LogP contribution >= 0.6 is 0 Å². The lowest BCUT2D eigenvalue weighted by Gasteiger charge is -2.37. The number of carboxylic acid groups (broad SMARTS) is 1. The molecule has 3 nitrogen and oxygen atoms in total. The number of piperidine rings is 1. The molecular weight excluding hydrogens is 178 g/mol. The van der Waals surface area contributed by atoms with E-state index in [4.69, 9.17) is 5.11 Å². The van der Waals surface area contributed by atoms with Crippen molar-refractivity contribution in [3.63, 3.8) is 0 Å². The third-order valence-electron chi connectivity index (χ3n) is 3.21. The van der Waals surface area contributed by atoms with Crippen molar-refractivity contribution >= 4 is 5.97 Å². The number of likely N-dealkylation sites (tertiary alicyclic amines) is 1. The van der Waals surface area contributed by atoms with Gasteiger partial charge in [0, 0.05) is 12.6 Å². The van der Waals surface area contributed by atoms with Crippen molar-refractivity contribution in [2.45, 2.75) is 39.7 Å². The molecule has 0 radical (unpaired) electrons. The van der Waals surface area contributed by atoms with Crippen LogP contribution in [0.3, 0.4) is 0 Å². The lowest BCUT2D eigenvalue weighted by molar-refractivity contribution is -0.142. The Bertz CT molecular complexity index is 205. The van der Waals surface area contributed by atoms with Crippen molar-refractivity contribution in [3.05, 3.63) is 0 Å². The molecule has 1 saturated heterocycles. The Labute approximate surface area is 86.1 Å². The number of nitrogens with zero attached hydrogens (tertiary/aromatic N) is 1. The van der Waals surface area contributed by atoms with Crippen molar-refractivity contribution in [3.8, 4) is 0 Å². The van der Waals surface area contributed by atoms with Crippen molar-refractivity contribution in [2.75, 3.05) is 13.1 Å². The number of aliphatic carboxylic acids is 1. The van der Waals surface area contributed by atoms with E-state index in [9.17, 15) is 4.79 Å². The van der Waals surface area contributed by atoms with E-state index in [-0.39, 0.29) is 5.92 Å². The van der Waals surface area contributed by atoms with Gasteiger partial charge in [0.05, 0.1) is 5.92 Å². The van der Waals surface area contributed by atoms with Crippen molar-refractivity contribution in [1.82, 2.24) is 4.90 Å². The van der Waals surface area contributed by atoms with E-state index in [2.05, 4.69) is 18.7 Å². The summed E-state index contributed by atoms with van der Waals surface area (Å²) in [5.74, 6) is -0.136. The van der Waals surface area contributed by atoms with Gasteiger partial charge in [0.15, 0.2) is 0 Å². The molecule has 1 aliphatic heterocycles. The summed E-state index contributed by atoms with van der Waals surface area (Å²) in [7, 11) is 0. The minimum Gasteiger partial charge on any atom is -0.481 e. The van der Waals surface area contributed by atoms with Gasteiger partial charge < -0.3 is 5.11 Å². The number of hydrogen-bond donors (Lipinski definition) is 1. The highest BCUT2D eigenvalue weighted by Gasteiger charge is 2.25. The van der Waals surface area contributed by atoms with Gasteiger partial charge in [-0.3, -0.25) is 9.69 Å². The van der Waals surface area contributed by atoms with Crippen molar-refractivity contribution < 1.29 is 9.90 Å². The van der Waals surface area contributed by atoms with Gasteiger partial charge >= 0.3 is 5.97 Å². The van der Waals surface area contributed by atoms with Gasteiger partial charge in [-0.15, -0.1) is 0 Å². The summed E-state index contributed by atoms with van der Waals surface area (Å²) in [5, 5.41) is 8.82. The first-order valence-corrected chi connectivity index (χ1v) is 5.47. The number of carbonyl (C=O) groups is 1. The van der Waals surface area contributed by atoms with Crippen LogP contribution in [0.5, 0.6) is 0 Å². The minimum absolute atomic E-state index is 0.245. The lowest BCUT2D eigenvalue weighted by atomic mass is 9.92. The van der Waals surface area contributed by atoms with Crippen LogP contribution in [0.15, 0.2) is 0 Å². The highest BCUT2D eigenvalue weighted by molar-refractivity contribution is 5.69. The van der Waals surface area contributed by atoms with Crippen LogP contribution in [-0.2, 0) is 4.79 Å². The summed E-state index contributed by atoms with van der Waals surface area (Å²) in [5.41, 5.74) is 0. The van der Waals surface area contributed by atoms with E-state index in [1.165, 1.54) is 12.8 Å². The molecule has 0 aliphatic carbocycles. The molecule has 1 aliphatic rings. The van der Waals surface area contributed by atoms with E-state index in [1.807, 2.05) is 0 Å². The predicted octanol–water partition coefficient (Wildman–Crippen LogP) is 1.83. The molecule has 0 aromatic carbocycles. The van der Waals surface area contributed by atoms with Gasteiger partial charge in [0.1, 0.15) is 0 Å². The molecule has 3 unspecified atom stereocenters. The fourth-order valence-corrected chi connectivity index (χ4v) is 2.16. The SMILES string of the molecule is CC1CCN(CC(C)C(=O)O)C(C)C1. The first-order valence-electron chi connectivity index (χ1n) is 5.47.